The smallest absolute Gasteiger partial charge is 0.425 e. The molecular weight excluding hydrogens is 379 g/mol. The van der Waals surface area contributed by atoms with Crippen molar-refractivity contribution in [1.82, 2.24) is 15.6 Å². The monoisotopic (exact) mass is 403 g/mol. The minimum atomic E-state index is -4.56. The molecule has 10 heteroatoms. The van der Waals surface area contributed by atoms with Gasteiger partial charge in [-0.25, -0.2) is 0 Å². The second-order valence-corrected chi connectivity index (χ2v) is 7.36. The number of hydrogen-bond donors (Lipinski definition) is 3. The van der Waals surface area contributed by atoms with E-state index in [0.717, 1.165) is 25.8 Å². The summed E-state index contributed by atoms with van der Waals surface area (Å²) < 4.78 is 43.7. The average molecular weight is 403 g/mol. The van der Waals surface area contributed by atoms with E-state index in [1.165, 1.54) is 27.1 Å². The van der Waals surface area contributed by atoms with E-state index in [1.807, 2.05) is 0 Å². The molecule has 2 amide bonds. The molecule has 2 rings (SSSR count). The van der Waals surface area contributed by atoms with Gasteiger partial charge in [0.25, 0.3) is 5.91 Å². The number of aliphatic hydroxyl groups is 1. The summed E-state index contributed by atoms with van der Waals surface area (Å²) in [7, 11) is 1.35. The van der Waals surface area contributed by atoms with E-state index in [9.17, 15) is 27.9 Å². The minimum Gasteiger partial charge on any atom is -0.481 e. The molecule has 0 aromatic carbocycles. The van der Waals surface area contributed by atoms with Gasteiger partial charge in [-0.1, -0.05) is 0 Å². The van der Waals surface area contributed by atoms with Crippen LogP contribution >= 0.6 is 0 Å². The molecule has 28 heavy (non-hydrogen) atoms. The van der Waals surface area contributed by atoms with E-state index in [0.29, 0.717) is 5.56 Å². The van der Waals surface area contributed by atoms with Crippen molar-refractivity contribution in [3.63, 3.8) is 0 Å². The molecule has 2 atom stereocenters. The standard InChI is InChI=1S/C18H24F3N3O4/c1-9(18(19,20)21)28-13-7-12(23-8-11(13)10-5-6-10)15(25)24-14(16(26)22-4)17(2,3)27/h7-10,14,27H,5-6H2,1-4H3,(H,22,26)(H,24,25). The summed E-state index contributed by atoms with van der Waals surface area (Å²) in [4.78, 5) is 28.5. The average Bonchev–Trinajstić information content (AvgIpc) is 3.41. The van der Waals surface area contributed by atoms with E-state index in [2.05, 4.69) is 15.6 Å². The fourth-order valence-corrected chi connectivity index (χ4v) is 2.54. The summed E-state index contributed by atoms with van der Waals surface area (Å²) in [5.41, 5.74) is -1.28. The van der Waals surface area contributed by atoms with E-state index >= 15 is 0 Å². The number of halogens is 3. The van der Waals surface area contributed by atoms with Crippen LogP contribution < -0.4 is 15.4 Å². The quantitative estimate of drug-likeness (QED) is 0.646. The molecule has 2 unspecified atom stereocenters. The van der Waals surface area contributed by atoms with Crippen molar-refractivity contribution in [2.75, 3.05) is 7.05 Å². The van der Waals surface area contributed by atoms with Crippen molar-refractivity contribution in [2.24, 2.45) is 0 Å². The lowest BCUT2D eigenvalue weighted by Gasteiger charge is -2.28. The summed E-state index contributed by atoms with van der Waals surface area (Å²) in [6.45, 7) is 3.57. The maximum atomic E-state index is 12.9. The molecule has 1 aromatic heterocycles. The number of rotatable bonds is 7. The fourth-order valence-electron chi connectivity index (χ4n) is 2.54. The van der Waals surface area contributed by atoms with Gasteiger partial charge in [-0.15, -0.1) is 0 Å². The number of pyridine rings is 1. The first kappa shape index (κ1) is 21.9. The molecule has 0 aliphatic heterocycles. The predicted molar refractivity (Wildman–Crippen MR) is 94.0 cm³/mol. The maximum absolute atomic E-state index is 12.9. The van der Waals surface area contributed by atoms with Crippen molar-refractivity contribution in [2.45, 2.75) is 63.5 Å². The van der Waals surface area contributed by atoms with Crippen LogP contribution in [0.25, 0.3) is 0 Å². The van der Waals surface area contributed by atoms with Gasteiger partial charge < -0.3 is 20.5 Å². The zero-order chi connectivity index (χ0) is 21.3. The van der Waals surface area contributed by atoms with Crippen molar-refractivity contribution in [1.29, 1.82) is 0 Å². The number of carbonyl (C=O) groups excluding carboxylic acids is 2. The minimum absolute atomic E-state index is 0.0510. The van der Waals surface area contributed by atoms with Crippen LogP contribution in [0.15, 0.2) is 12.3 Å². The first-order valence-electron chi connectivity index (χ1n) is 8.82. The molecule has 7 nitrogen and oxygen atoms in total. The van der Waals surface area contributed by atoms with E-state index in [4.69, 9.17) is 4.74 Å². The summed E-state index contributed by atoms with van der Waals surface area (Å²) >= 11 is 0. The number of aromatic nitrogens is 1. The Hall–Kier alpha value is -2.36. The second kappa shape index (κ2) is 7.94. The van der Waals surface area contributed by atoms with Gasteiger partial charge >= 0.3 is 6.18 Å². The maximum Gasteiger partial charge on any atom is 0.425 e. The molecular formula is C18H24F3N3O4. The number of nitrogens with one attached hydrogen (secondary N) is 2. The molecule has 1 heterocycles. The summed E-state index contributed by atoms with van der Waals surface area (Å²) in [6, 6.07) is -0.148. The van der Waals surface area contributed by atoms with Crippen LogP contribution in [-0.2, 0) is 4.79 Å². The zero-order valence-electron chi connectivity index (χ0n) is 16.1. The van der Waals surface area contributed by atoms with Gasteiger partial charge in [0.2, 0.25) is 5.91 Å². The lowest BCUT2D eigenvalue weighted by molar-refractivity contribution is -0.189. The van der Waals surface area contributed by atoms with Gasteiger partial charge in [0.15, 0.2) is 6.10 Å². The Kier molecular flexibility index (Phi) is 6.22. The van der Waals surface area contributed by atoms with E-state index in [1.54, 1.807) is 0 Å². The Balaban J connectivity index is 2.28. The first-order chi connectivity index (χ1) is 12.8. The number of hydrogen-bond acceptors (Lipinski definition) is 5. The largest absolute Gasteiger partial charge is 0.481 e. The van der Waals surface area contributed by atoms with E-state index in [-0.39, 0.29) is 17.4 Å². The lowest BCUT2D eigenvalue weighted by atomic mass is 9.98. The molecule has 1 aliphatic carbocycles. The van der Waals surface area contributed by atoms with Crippen LogP contribution in [0, 0.1) is 0 Å². The lowest BCUT2D eigenvalue weighted by Crippen LogP contribution is -2.57. The number of ether oxygens (including phenoxy) is 1. The number of carbonyl (C=O) groups is 2. The highest BCUT2D eigenvalue weighted by atomic mass is 19.4. The third-order valence-corrected chi connectivity index (χ3v) is 4.40. The molecule has 156 valence electrons. The molecule has 3 N–H and O–H groups in total. The Labute approximate surface area is 160 Å². The summed E-state index contributed by atoms with van der Waals surface area (Å²) in [6.07, 6.45) is -3.68. The highest BCUT2D eigenvalue weighted by Gasteiger charge is 2.40. The molecule has 1 aliphatic rings. The van der Waals surface area contributed by atoms with Crippen LogP contribution in [0.3, 0.4) is 0 Å². The Morgan fingerprint density at radius 2 is 1.93 bits per heavy atom. The van der Waals surface area contributed by atoms with Gasteiger partial charge in [0.1, 0.15) is 17.5 Å². The van der Waals surface area contributed by atoms with Gasteiger partial charge in [-0.3, -0.25) is 14.6 Å². The third kappa shape index (κ3) is 5.34. The molecule has 1 aromatic rings. The summed E-state index contributed by atoms with van der Waals surface area (Å²) in [5.74, 6) is -1.46. The van der Waals surface area contributed by atoms with Crippen LogP contribution in [0.4, 0.5) is 13.2 Å². The van der Waals surface area contributed by atoms with Crippen molar-refractivity contribution < 1.29 is 32.6 Å². The zero-order valence-corrected chi connectivity index (χ0v) is 16.1. The number of alkyl halides is 3. The van der Waals surface area contributed by atoms with Gasteiger partial charge in [-0.2, -0.15) is 13.2 Å². The van der Waals surface area contributed by atoms with Crippen LogP contribution in [0.2, 0.25) is 0 Å². The van der Waals surface area contributed by atoms with Crippen molar-refractivity contribution in [3.8, 4) is 5.75 Å². The Morgan fingerprint density at radius 3 is 2.39 bits per heavy atom. The fraction of sp³-hybridized carbons (Fsp3) is 0.611. The molecule has 1 saturated carbocycles. The summed E-state index contributed by atoms with van der Waals surface area (Å²) in [5, 5.41) is 14.8. The second-order valence-electron chi connectivity index (χ2n) is 7.36. The number of likely N-dealkylation sites (N-methyl/N-ethyl adjacent to an activating group) is 1. The van der Waals surface area contributed by atoms with Crippen molar-refractivity contribution in [3.05, 3.63) is 23.5 Å². The molecule has 0 bridgehead atoms. The van der Waals surface area contributed by atoms with Crippen LogP contribution in [0.5, 0.6) is 5.75 Å². The van der Waals surface area contributed by atoms with Crippen molar-refractivity contribution >= 4 is 11.8 Å². The predicted octanol–water partition coefficient (Wildman–Crippen LogP) is 1.90. The topological polar surface area (TPSA) is 101 Å². The number of nitrogens with zero attached hydrogens (tertiary/aromatic N) is 1. The first-order valence-corrected chi connectivity index (χ1v) is 8.82. The normalized spacial score (nSPS) is 16.9. The Morgan fingerprint density at radius 1 is 1.32 bits per heavy atom. The van der Waals surface area contributed by atoms with E-state index < -0.39 is 35.7 Å². The molecule has 0 spiro atoms. The van der Waals surface area contributed by atoms with Crippen LogP contribution in [-0.4, -0.2) is 52.9 Å². The molecule has 0 radical (unpaired) electrons. The molecule has 0 saturated heterocycles. The van der Waals surface area contributed by atoms with Crippen LogP contribution in [0.1, 0.15) is 55.6 Å². The van der Waals surface area contributed by atoms with Gasteiger partial charge in [0, 0.05) is 24.9 Å². The highest BCUT2D eigenvalue weighted by Crippen LogP contribution is 2.44. The Bertz CT molecular complexity index is 743. The number of amides is 2. The molecule has 1 fully saturated rings. The van der Waals surface area contributed by atoms with Gasteiger partial charge in [-0.05, 0) is 39.5 Å². The highest BCUT2D eigenvalue weighted by molar-refractivity contribution is 5.96. The van der Waals surface area contributed by atoms with Gasteiger partial charge in [0.05, 0.1) is 5.60 Å². The SMILES string of the molecule is CNC(=O)C(NC(=O)c1cc(OC(C)C(F)(F)F)c(C2CC2)cn1)C(C)(C)O. The third-order valence-electron chi connectivity index (χ3n) is 4.40.